The molecular formula is C16H25N. The molecule has 0 amide bonds. The van der Waals surface area contributed by atoms with E-state index in [4.69, 9.17) is 0 Å². The van der Waals surface area contributed by atoms with Crippen molar-refractivity contribution in [2.45, 2.75) is 57.9 Å². The van der Waals surface area contributed by atoms with Crippen LogP contribution in [-0.4, -0.2) is 12.6 Å². The lowest BCUT2D eigenvalue weighted by Gasteiger charge is -2.28. The topological polar surface area (TPSA) is 12.0 Å². The maximum atomic E-state index is 3.58. The van der Waals surface area contributed by atoms with Crippen molar-refractivity contribution in [1.29, 1.82) is 0 Å². The molecule has 2 unspecified atom stereocenters. The van der Waals surface area contributed by atoms with Crippen molar-refractivity contribution in [3.63, 3.8) is 0 Å². The molecule has 1 nitrogen and oxygen atoms in total. The summed E-state index contributed by atoms with van der Waals surface area (Å²) in [5, 5.41) is 3.58. The van der Waals surface area contributed by atoms with Gasteiger partial charge in [-0.05, 0) is 42.2 Å². The number of rotatable bonds is 1. The summed E-state index contributed by atoms with van der Waals surface area (Å²) in [5.41, 5.74) is 3.19. The van der Waals surface area contributed by atoms with Gasteiger partial charge in [0.1, 0.15) is 0 Å². The fraction of sp³-hybridized carbons (Fsp3) is 0.625. The van der Waals surface area contributed by atoms with Gasteiger partial charge in [0.05, 0.1) is 0 Å². The first-order valence-corrected chi connectivity index (χ1v) is 6.80. The summed E-state index contributed by atoms with van der Waals surface area (Å²) in [6.45, 7) is 10.2. The molecule has 0 aromatic heterocycles. The Morgan fingerprint density at radius 3 is 2.18 bits per heavy atom. The second kappa shape index (κ2) is 4.81. The lowest BCUT2D eigenvalue weighted by molar-refractivity contribution is 0.385. The van der Waals surface area contributed by atoms with Crippen LogP contribution in [0.15, 0.2) is 24.3 Å². The van der Waals surface area contributed by atoms with E-state index in [1.165, 1.54) is 24.0 Å². The van der Waals surface area contributed by atoms with Crippen molar-refractivity contribution in [2.75, 3.05) is 6.54 Å². The maximum absolute atomic E-state index is 3.58. The zero-order valence-corrected chi connectivity index (χ0v) is 11.6. The van der Waals surface area contributed by atoms with Crippen LogP contribution in [0.3, 0.4) is 0 Å². The molecule has 1 N–H and O–H groups in total. The molecule has 0 saturated carbocycles. The highest BCUT2D eigenvalue weighted by molar-refractivity contribution is 5.30. The van der Waals surface area contributed by atoms with Crippen molar-refractivity contribution in [3.05, 3.63) is 35.4 Å². The Bertz CT molecular complexity index is 350. The minimum atomic E-state index is 0.262. The summed E-state index contributed by atoms with van der Waals surface area (Å²) in [4.78, 5) is 0. The molecule has 1 aromatic rings. The summed E-state index contributed by atoms with van der Waals surface area (Å²) in [7, 11) is 0. The number of hydrogen-bond acceptors (Lipinski definition) is 1. The first-order valence-electron chi connectivity index (χ1n) is 6.80. The van der Waals surface area contributed by atoms with Crippen LogP contribution in [-0.2, 0) is 5.41 Å². The minimum absolute atomic E-state index is 0.262. The first kappa shape index (κ1) is 12.6. The Hall–Kier alpha value is -0.820. The lowest BCUT2D eigenvalue weighted by atomic mass is 9.84. The van der Waals surface area contributed by atoms with Gasteiger partial charge in [0, 0.05) is 12.6 Å². The van der Waals surface area contributed by atoms with Gasteiger partial charge in [-0.1, -0.05) is 45.0 Å². The molecule has 1 saturated heterocycles. The van der Waals surface area contributed by atoms with Gasteiger partial charge in [0.25, 0.3) is 0 Å². The monoisotopic (exact) mass is 231 g/mol. The van der Waals surface area contributed by atoms with Crippen LogP contribution in [0.2, 0.25) is 0 Å². The molecule has 0 spiro atoms. The Morgan fingerprint density at radius 2 is 1.71 bits per heavy atom. The van der Waals surface area contributed by atoms with Crippen LogP contribution < -0.4 is 5.32 Å². The van der Waals surface area contributed by atoms with Crippen LogP contribution in [0.25, 0.3) is 0 Å². The molecule has 1 aromatic carbocycles. The van der Waals surface area contributed by atoms with Gasteiger partial charge >= 0.3 is 0 Å². The zero-order valence-electron chi connectivity index (χ0n) is 11.6. The van der Waals surface area contributed by atoms with Crippen LogP contribution in [0.1, 0.15) is 57.6 Å². The maximum Gasteiger partial charge on any atom is 0.00391 e. The molecule has 17 heavy (non-hydrogen) atoms. The predicted molar refractivity (Wildman–Crippen MR) is 74.6 cm³/mol. The average Bonchev–Trinajstić information content (AvgIpc) is 2.29. The molecule has 1 aliphatic rings. The molecule has 1 heterocycles. The SMILES string of the molecule is CC1CCC(c2ccc(C(C)(C)C)cc2)CN1. The second-order valence-electron chi connectivity index (χ2n) is 6.46. The van der Waals surface area contributed by atoms with Crippen LogP contribution in [0.5, 0.6) is 0 Å². The van der Waals surface area contributed by atoms with Crippen molar-refractivity contribution in [2.24, 2.45) is 0 Å². The Kier molecular flexibility index (Phi) is 3.58. The van der Waals surface area contributed by atoms with Crippen LogP contribution >= 0.6 is 0 Å². The van der Waals surface area contributed by atoms with Gasteiger partial charge in [0.2, 0.25) is 0 Å². The zero-order chi connectivity index (χ0) is 12.5. The molecule has 2 atom stereocenters. The quantitative estimate of drug-likeness (QED) is 0.774. The summed E-state index contributed by atoms with van der Waals surface area (Å²) in [6, 6.07) is 9.94. The standard InChI is InChI=1S/C16H25N/c1-12-5-6-14(11-17-12)13-7-9-15(10-8-13)16(2,3)4/h7-10,12,14,17H,5-6,11H2,1-4H3. The van der Waals surface area contributed by atoms with E-state index < -0.39 is 0 Å². The number of hydrogen-bond donors (Lipinski definition) is 1. The molecule has 0 bridgehead atoms. The fourth-order valence-corrected chi connectivity index (χ4v) is 2.54. The highest BCUT2D eigenvalue weighted by Crippen LogP contribution is 2.28. The highest BCUT2D eigenvalue weighted by Gasteiger charge is 2.20. The number of benzene rings is 1. The van der Waals surface area contributed by atoms with Crippen LogP contribution in [0.4, 0.5) is 0 Å². The first-order chi connectivity index (χ1) is 7.97. The van der Waals surface area contributed by atoms with E-state index in [0.29, 0.717) is 12.0 Å². The third-order valence-electron chi connectivity index (χ3n) is 3.91. The second-order valence-corrected chi connectivity index (χ2v) is 6.46. The van der Waals surface area contributed by atoms with E-state index in [2.05, 4.69) is 57.3 Å². The minimum Gasteiger partial charge on any atom is -0.314 e. The third-order valence-corrected chi connectivity index (χ3v) is 3.91. The van der Waals surface area contributed by atoms with Crippen molar-refractivity contribution in [3.8, 4) is 0 Å². The summed E-state index contributed by atoms with van der Waals surface area (Å²) < 4.78 is 0. The van der Waals surface area contributed by atoms with Gasteiger partial charge in [-0.3, -0.25) is 0 Å². The van der Waals surface area contributed by atoms with Gasteiger partial charge in [-0.15, -0.1) is 0 Å². The molecular weight excluding hydrogens is 206 g/mol. The molecule has 0 radical (unpaired) electrons. The van der Waals surface area contributed by atoms with Crippen molar-refractivity contribution in [1.82, 2.24) is 5.32 Å². The van der Waals surface area contributed by atoms with E-state index in [1.54, 1.807) is 0 Å². The molecule has 1 aliphatic heterocycles. The predicted octanol–water partition coefficient (Wildman–Crippen LogP) is 3.84. The molecule has 2 rings (SSSR count). The summed E-state index contributed by atoms with van der Waals surface area (Å²) in [6.07, 6.45) is 2.62. The van der Waals surface area contributed by atoms with E-state index in [0.717, 1.165) is 6.54 Å². The summed E-state index contributed by atoms with van der Waals surface area (Å²) in [5.74, 6) is 0.709. The third kappa shape index (κ3) is 3.10. The van der Waals surface area contributed by atoms with Gasteiger partial charge < -0.3 is 5.32 Å². The van der Waals surface area contributed by atoms with Crippen molar-refractivity contribution >= 4 is 0 Å². The Morgan fingerprint density at radius 1 is 1.06 bits per heavy atom. The lowest BCUT2D eigenvalue weighted by Crippen LogP contribution is -2.35. The summed E-state index contributed by atoms with van der Waals surface area (Å²) >= 11 is 0. The normalized spacial score (nSPS) is 25.9. The smallest absolute Gasteiger partial charge is 0.00391 e. The van der Waals surface area contributed by atoms with Gasteiger partial charge in [-0.2, -0.15) is 0 Å². The van der Waals surface area contributed by atoms with E-state index >= 15 is 0 Å². The molecule has 0 aliphatic carbocycles. The van der Waals surface area contributed by atoms with Crippen molar-refractivity contribution < 1.29 is 0 Å². The highest BCUT2D eigenvalue weighted by atomic mass is 14.9. The number of nitrogens with one attached hydrogen (secondary N) is 1. The van der Waals surface area contributed by atoms with Gasteiger partial charge in [0.15, 0.2) is 0 Å². The largest absolute Gasteiger partial charge is 0.314 e. The van der Waals surface area contributed by atoms with E-state index in [9.17, 15) is 0 Å². The Labute approximate surface area is 106 Å². The van der Waals surface area contributed by atoms with E-state index in [1.807, 2.05) is 0 Å². The molecule has 94 valence electrons. The fourth-order valence-electron chi connectivity index (χ4n) is 2.54. The van der Waals surface area contributed by atoms with Gasteiger partial charge in [-0.25, -0.2) is 0 Å². The molecule has 1 heteroatoms. The average molecular weight is 231 g/mol. The van der Waals surface area contributed by atoms with E-state index in [-0.39, 0.29) is 5.41 Å². The Balaban J connectivity index is 2.08. The van der Waals surface area contributed by atoms with Crippen LogP contribution in [0, 0.1) is 0 Å². The number of piperidine rings is 1. The molecule has 1 fully saturated rings.